The number of hydrogen-bond donors (Lipinski definition) is 1. The summed E-state index contributed by atoms with van der Waals surface area (Å²) >= 11 is 0. The van der Waals surface area contributed by atoms with Crippen molar-refractivity contribution in [2.75, 3.05) is 6.54 Å². The molecule has 0 bridgehead atoms. The molecule has 0 fully saturated rings. The summed E-state index contributed by atoms with van der Waals surface area (Å²) in [4.78, 5) is 11.6. The Morgan fingerprint density at radius 3 is 2.00 bits per heavy atom. The van der Waals surface area contributed by atoms with E-state index < -0.39 is 0 Å². The van der Waals surface area contributed by atoms with E-state index in [4.69, 9.17) is 0 Å². The molecule has 0 aromatic heterocycles. The largest absolute Gasteiger partial charge is 0.312 e. The second-order valence-electron chi connectivity index (χ2n) is 7.26. The molecule has 0 spiro atoms. The zero-order valence-electron chi connectivity index (χ0n) is 12.7. The fourth-order valence-electron chi connectivity index (χ4n) is 1.77. The van der Waals surface area contributed by atoms with E-state index >= 15 is 0 Å². The van der Waals surface area contributed by atoms with Crippen molar-refractivity contribution in [3.05, 3.63) is 0 Å². The average molecular weight is 241 g/mol. The van der Waals surface area contributed by atoms with Crippen LogP contribution in [0.4, 0.5) is 0 Å². The number of carbonyl (C=O) groups excluding carboxylic acids is 1. The van der Waals surface area contributed by atoms with Crippen molar-refractivity contribution in [2.45, 2.75) is 79.2 Å². The monoisotopic (exact) mass is 241 g/mol. The molecule has 0 unspecified atom stereocenters. The minimum atomic E-state index is 0.144. The number of nitrogens with one attached hydrogen (secondary N) is 1. The second kappa shape index (κ2) is 7.15. The number of ketones is 1. The predicted molar refractivity (Wildman–Crippen MR) is 75.3 cm³/mol. The maximum absolute atomic E-state index is 11.6. The molecule has 0 aliphatic carbocycles. The van der Waals surface area contributed by atoms with Gasteiger partial charge in [-0.15, -0.1) is 0 Å². The lowest BCUT2D eigenvalue weighted by atomic mass is 9.88. The Morgan fingerprint density at radius 1 is 0.941 bits per heavy atom. The lowest BCUT2D eigenvalue weighted by Gasteiger charge is -2.20. The van der Waals surface area contributed by atoms with Crippen molar-refractivity contribution in [3.63, 3.8) is 0 Å². The van der Waals surface area contributed by atoms with E-state index in [9.17, 15) is 4.79 Å². The minimum absolute atomic E-state index is 0.144. The molecule has 17 heavy (non-hydrogen) atoms. The van der Waals surface area contributed by atoms with Gasteiger partial charge in [0.15, 0.2) is 0 Å². The first kappa shape index (κ1) is 16.6. The molecular weight excluding hydrogens is 210 g/mol. The standard InChI is InChI=1S/C15H31NO/c1-14(2,3)12-13(17)10-8-7-9-11-16-15(4,5)6/h16H,7-12H2,1-6H3. The van der Waals surface area contributed by atoms with Gasteiger partial charge in [-0.2, -0.15) is 0 Å². The lowest BCUT2D eigenvalue weighted by Crippen LogP contribution is -2.36. The molecule has 0 aromatic carbocycles. The molecule has 0 aliphatic heterocycles. The molecule has 0 aromatic rings. The highest BCUT2D eigenvalue weighted by Gasteiger charge is 2.15. The molecule has 0 amide bonds. The van der Waals surface area contributed by atoms with Crippen molar-refractivity contribution in [1.82, 2.24) is 5.32 Å². The maximum atomic E-state index is 11.6. The second-order valence-corrected chi connectivity index (χ2v) is 7.26. The van der Waals surface area contributed by atoms with Gasteiger partial charge in [-0.05, 0) is 45.6 Å². The van der Waals surface area contributed by atoms with E-state index in [2.05, 4.69) is 46.9 Å². The molecule has 0 radical (unpaired) electrons. The lowest BCUT2D eigenvalue weighted by molar-refractivity contribution is -0.120. The van der Waals surface area contributed by atoms with Crippen molar-refractivity contribution >= 4 is 5.78 Å². The molecule has 0 rings (SSSR count). The Kier molecular flexibility index (Phi) is 6.99. The van der Waals surface area contributed by atoms with Gasteiger partial charge in [0, 0.05) is 18.4 Å². The molecule has 1 N–H and O–H groups in total. The highest BCUT2D eigenvalue weighted by atomic mass is 16.1. The number of carbonyl (C=O) groups is 1. The number of rotatable bonds is 7. The number of hydrogen-bond acceptors (Lipinski definition) is 2. The SMILES string of the molecule is CC(C)(C)CC(=O)CCCCCNC(C)(C)C. The zero-order chi connectivity index (χ0) is 13.5. The van der Waals surface area contributed by atoms with Crippen LogP contribution in [0.2, 0.25) is 0 Å². The molecular formula is C15H31NO. The van der Waals surface area contributed by atoms with Crippen LogP contribution in [0.5, 0.6) is 0 Å². The number of unbranched alkanes of at least 4 members (excludes halogenated alkanes) is 2. The Labute approximate surface area is 108 Å². The Hall–Kier alpha value is -0.370. The summed E-state index contributed by atoms with van der Waals surface area (Å²) in [6.45, 7) is 14.0. The van der Waals surface area contributed by atoms with Gasteiger partial charge in [0.25, 0.3) is 0 Å². The summed E-state index contributed by atoms with van der Waals surface area (Å²) in [5.41, 5.74) is 0.354. The van der Waals surface area contributed by atoms with Gasteiger partial charge in [0.05, 0.1) is 0 Å². The summed E-state index contributed by atoms with van der Waals surface area (Å²) in [5.74, 6) is 0.418. The topological polar surface area (TPSA) is 29.1 Å². The minimum Gasteiger partial charge on any atom is -0.312 e. The average Bonchev–Trinajstić information content (AvgIpc) is 2.06. The smallest absolute Gasteiger partial charge is 0.133 e. The Balaban J connectivity index is 3.44. The molecule has 0 saturated heterocycles. The van der Waals surface area contributed by atoms with Crippen molar-refractivity contribution in [3.8, 4) is 0 Å². The maximum Gasteiger partial charge on any atom is 0.133 e. The molecule has 102 valence electrons. The van der Waals surface area contributed by atoms with Crippen LogP contribution >= 0.6 is 0 Å². The van der Waals surface area contributed by atoms with E-state index in [1.54, 1.807) is 0 Å². The third-order valence-electron chi connectivity index (χ3n) is 2.52. The van der Waals surface area contributed by atoms with Crippen LogP contribution in [-0.4, -0.2) is 17.9 Å². The first-order valence-corrected chi connectivity index (χ1v) is 6.87. The van der Waals surface area contributed by atoms with E-state index in [-0.39, 0.29) is 11.0 Å². The third-order valence-corrected chi connectivity index (χ3v) is 2.52. The quantitative estimate of drug-likeness (QED) is 0.684. The van der Waals surface area contributed by atoms with Gasteiger partial charge in [-0.3, -0.25) is 4.79 Å². The summed E-state index contributed by atoms with van der Waals surface area (Å²) in [6, 6.07) is 0. The molecule has 0 saturated carbocycles. The van der Waals surface area contributed by atoms with Crippen LogP contribution in [0.1, 0.15) is 73.6 Å². The van der Waals surface area contributed by atoms with E-state index in [0.717, 1.165) is 25.8 Å². The van der Waals surface area contributed by atoms with E-state index in [1.807, 2.05) is 0 Å². The first-order valence-electron chi connectivity index (χ1n) is 6.87. The van der Waals surface area contributed by atoms with Crippen LogP contribution in [0.25, 0.3) is 0 Å². The molecule has 0 aliphatic rings. The predicted octanol–water partition coefficient (Wildman–Crippen LogP) is 3.94. The normalized spacial score (nSPS) is 12.8. The number of Topliss-reactive ketones (excluding diaryl/α,β-unsaturated/α-hetero) is 1. The van der Waals surface area contributed by atoms with Gasteiger partial charge in [0.1, 0.15) is 5.78 Å². The van der Waals surface area contributed by atoms with Crippen molar-refractivity contribution < 1.29 is 4.79 Å². The summed E-state index contributed by atoms with van der Waals surface area (Å²) in [7, 11) is 0. The molecule has 2 heteroatoms. The van der Waals surface area contributed by atoms with Gasteiger partial charge >= 0.3 is 0 Å². The fraction of sp³-hybridized carbons (Fsp3) is 0.933. The van der Waals surface area contributed by atoms with Gasteiger partial charge in [-0.1, -0.05) is 27.2 Å². The molecule has 2 nitrogen and oxygen atoms in total. The third kappa shape index (κ3) is 13.6. The van der Waals surface area contributed by atoms with Gasteiger partial charge in [0.2, 0.25) is 0 Å². The van der Waals surface area contributed by atoms with Crippen LogP contribution in [0.15, 0.2) is 0 Å². The summed E-state index contributed by atoms with van der Waals surface area (Å²) < 4.78 is 0. The summed E-state index contributed by atoms with van der Waals surface area (Å²) in [6.07, 6.45) is 4.83. The molecule has 0 atom stereocenters. The highest BCUT2D eigenvalue weighted by Crippen LogP contribution is 2.20. The van der Waals surface area contributed by atoms with E-state index in [1.165, 1.54) is 6.42 Å². The van der Waals surface area contributed by atoms with Crippen LogP contribution in [-0.2, 0) is 4.79 Å². The highest BCUT2D eigenvalue weighted by molar-refractivity contribution is 5.78. The zero-order valence-corrected chi connectivity index (χ0v) is 12.7. The van der Waals surface area contributed by atoms with Gasteiger partial charge < -0.3 is 5.32 Å². The van der Waals surface area contributed by atoms with Crippen molar-refractivity contribution in [1.29, 1.82) is 0 Å². The van der Waals surface area contributed by atoms with Crippen LogP contribution in [0.3, 0.4) is 0 Å². The Bertz CT molecular complexity index is 220. The first-order chi connectivity index (χ1) is 7.60. The summed E-state index contributed by atoms with van der Waals surface area (Å²) in [5, 5.41) is 3.46. The van der Waals surface area contributed by atoms with E-state index in [0.29, 0.717) is 12.2 Å². The van der Waals surface area contributed by atoms with Crippen LogP contribution in [0, 0.1) is 5.41 Å². The Morgan fingerprint density at radius 2 is 1.53 bits per heavy atom. The molecule has 0 heterocycles. The van der Waals surface area contributed by atoms with Crippen LogP contribution < -0.4 is 5.32 Å². The van der Waals surface area contributed by atoms with Gasteiger partial charge in [-0.25, -0.2) is 0 Å². The fourth-order valence-corrected chi connectivity index (χ4v) is 1.77. The van der Waals surface area contributed by atoms with Crippen molar-refractivity contribution in [2.24, 2.45) is 5.41 Å².